The first-order chi connectivity index (χ1) is 12.6. The highest BCUT2D eigenvalue weighted by molar-refractivity contribution is 14.0. The maximum Gasteiger partial charge on any atom is 0.305 e. The van der Waals surface area contributed by atoms with Crippen LogP contribution in [-0.2, 0) is 9.53 Å². The molecule has 1 aromatic carbocycles. The van der Waals surface area contributed by atoms with Crippen molar-refractivity contribution in [3.63, 3.8) is 0 Å². The van der Waals surface area contributed by atoms with Crippen LogP contribution in [0.1, 0.15) is 32.6 Å². The van der Waals surface area contributed by atoms with Crippen molar-refractivity contribution < 1.29 is 19.0 Å². The fraction of sp³-hybridized carbons (Fsp3) is 0.579. The number of halogens is 1. The van der Waals surface area contributed by atoms with Crippen LogP contribution in [0.3, 0.4) is 0 Å². The van der Waals surface area contributed by atoms with Crippen molar-refractivity contribution in [2.45, 2.75) is 38.7 Å². The summed E-state index contributed by atoms with van der Waals surface area (Å²) in [6, 6.07) is 7.54. The summed E-state index contributed by atoms with van der Waals surface area (Å²) in [5.74, 6) is 2.12. The normalized spacial score (nSPS) is 11.8. The second-order valence-corrected chi connectivity index (χ2v) is 5.87. The van der Waals surface area contributed by atoms with Crippen LogP contribution >= 0.6 is 24.0 Å². The minimum absolute atomic E-state index is 0. The average Bonchev–Trinajstić information content (AvgIpc) is 2.66. The first-order valence-corrected chi connectivity index (χ1v) is 8.91. The predicted octanol–water partition coefficient (Wildman–Crippen LogP) is 2.98. The maximum atomic E-state index is 11.0. The predicted molar refractivity (Wildman–Crippen MR) is 118 cm³/mol. The van der Waals surface area contributed by atoms with Gasteiger partial charge in [0, 0.05) is 26.1 Å². The third kappa shape index (κ3) is 11.6. The van der Waals surface area contributed by atoms with E-state index in [4.69, 9.17) is 9.47 Å². The topological polar surface area (TPSA) is 81.2 Å². The highest BCUT2D eigenvalue weighted by atomic mass is 127. The van der Waals surface area contributed by atoms with E-state index < -0.39 is 0 Å². The number of nitrogens with zero attached hydrogens (tertiary/aromatic N) is 1. The lowest BCUT2D eigenvalue weighted by Crippen LogP contribution is -2.42. The molecule has 154 valence electrons. The Morgan fingerprint density at radius 1 is 1.15 bits per heavy atom. The molecule has 0 spiro atoms. The van der Waals surface area contributed by atoms with Crippen LogP contribution in [-0.4, -0.2) is 52.4 Å². The quantitative estimate of drug-likeness (QED) is 0.162. The summed E-state index contributed by atoms with van der Waals surface area (Å²) in [5, 5.41) is 6.50. The molecule has 0 saturated carbocycles. The van der Waals surface area contributed by atoms with E-state index in [1.165, 1.54) is 7.11 Å². The Hall–Kier alpha value is -1.71. The lowest BCUT2D eigenvalue weighted by Gasteiger charge is -2.18. The first kappa shape index (κ1) is 25.3. The van der Waals surface area contributed by atoms with E-state index >= 15 is 0 Å². The Morgan fingerprint density at radius 2 is 1.89 bits per heavy atom. The second kappa shape index (κ2) is 15.4. The highest BCUT2D eigenvalue weighted by Crippen LogP contribution is 2.19. The Kier molecular flexibility index (Phi) is 14.4. The van der Waals surface area contributed by atoms with Crippen LogP contribution in [0.4, 0.5) is 0 Å². The largest absolute Gasteiger partial charge is 0.497 e. The standard InChI is InChI=1S/C19H31N3O4.HI/c1-15(26-17-10-8-9-16(13-17)24-3)14-22-19(20-2)21-12-7-5-6-11-18(23)25-4;/h8-10,13,15H,5-7,11-12,14H2,1-4H3,(H2,20,21,22);1H. The van der Waals surface area contributed by atoms with Crippen LogP contribution in [0.5, 0.6) is 11.5 Å². The molecule has 8 heteroatoms. The molecule has 7 nitrogen and oxygen atoms in total. The van der Waals surface area contributed by atoms with Crippen molar-refractivity contribution in [1.29, 1.82) is 0 Å². The average molecular weight is 493 g/mol. The molecule has 0 aliphatic rings. The van der Waals surface area contributed by atoms with Gasteiger partial charge < -0.3 is 24.8 Å². The van der Waals surface area contributed by atoms with Gasteiger partial charge in [0.25, 0.3) is 0 Å². The van der Waals surface area contributed by atoms with Gasteiger partial charge in [-0.2, -0.15) is 0 Å². The number of methoxy groups -OCH3 is 2. The third-order valence-corrected chi connectivity index (χ3v) is 3.74. The molecule has 0 saturated heterocycles. The van der Waals surface area contributed by atoms with E-state index in [0.717, 1.165) is 43.3 Å². The van der Waals surface area contributed by atoms with Gasteiger partial charge in [-0.15, -0.1) is 24.0 Å². The summed E-state index contributed by atoms with van der Waals surface area (Å²) in [6.07, 6.45) is 3.22. The molecule has 0 amide bonds. The van der Waals surface area contributed by atoms with Gasteiger partial charge in [-0.25, -0.2) is 0 Å². The van der Waals surface area contributed by atoms with Crippen molar-refractivity contribution in [3.05, 3.63) is 24.3 Å². The number of hydrogen-bond acceptors (Lipinski definition) is 5. The molecule has 0 radical (unpaired) electrons. The van der Waals surface area contributed by atoms with Crippen molar-refractivity contribution in [2.24, 2.45) is 4.99 Å². The lowest BCUT2D eigenvalue weighted by atomic mass is 10.2. The molecular weight excluding hydrogens is 461 g/mol. The monoisotopic (exact) mass is 493 g/mol. The number of aliphatic imine (C=N–C) groups is 1. The summed E-state index contributed by atoms with van der Waals surface area (Å²) in [6.45, 7) is 3.41. The minimum atomic E-state index is -0.152. The zero-order valence-corrected chi connectivity index (χ0v) is 18.9. The van der Waals surface area contributed by atoms with Gasteiger partial charge in [-0.1, -0.05) is 12.5 Å². The van der Waals surface area contributed by atoms with E-state index in [-0.39, 0.29) is 36.0 Å². The van der Waals surface area contributed by atoms with Crippen LogP contribution in [0.2, 0.25) is 0 Å². The molecule has 1 rings (SSSR count). The number of hydrogen-bond donors (Lipinski definition) is 2. The van der Waals surface area contributed by atoms with Gasteiger partial charge in [0.15, 0.2) is 5.96 Å². The first-order valence-electron chi connectivity index (χ1n) is 8.91. The van der Waals surface area contributed by atoms with E-state index in [1.807, 2.05) is 31.2 Å². The van der Waals surface area contributed by atoms with Gasteiger partial charge >= 0.3 is 5.97 Å². The van der Waals surface area contributed by atoms with Crippen molar-refractivity contribution in [1.82, 2.24) is 10.6 Å². The zero-order chi connectivity index (χ0) is 19.2. The summed E-state index contributed by atoms with van der Waals surface area (Å²) in [7, 11) is 4.79. The SMILES string of the molecule is CN=C(NCCCCCC(=O)OC)NCC(C)Oc1cccc(OC)c1.I. The van der Waals surface area contributed by atoms with Crippen LogP contribution in [0.15, 0.2) is 29.3 Å². The highest BCUT2D eigenvalue weighted by Gasteiger charge is 2.06. The number of ether oxygens (including phenoxy) is 3. The van der Waals surface area contributed by atoms with E-state index in [9.17, 15) is 4.79 Å². The van der Waals surface area contributed by atoms with E-state index in [1.54, 1.807) is 14.2 Å². The number of benzene rings is 1. The third-order valence-electron chi connectivity index (χ3n) is 3.74. The smallest absolute Gasteiger partial charge is 0.305 e. The molecule has 2 N–H and O–H groups in total. The molecule has 0 aliphatic carbocycles. The maximum absolute atomic E-state index is 11.0. The molecule has 1 aromatic rings. The molecule has 27 heavy (non-hydrogen) atoms. The van der Waals surface area contributed by atoms with Crippen molar-refractivity contribution in [3.8, 4) is 11.5 Å². The van der Waals surface area contributed by atoms with E-state index in [2.05, 4.69) is 20.4 Å². The molecule has 0 aliphatic heterocycles. The molecule has 0 aromatic heterocycles. The molecule has 1 unspecified atom stereocenters. The molecule has 0 bridgehead atoms. The second-order valence-electron chi connectivity index (χ2n) is 5.87. The molecular formula is C19H32IN3O4. The van der Waals surface area contributed by atoms with E-state index in [0.29, 0.717) is 13.0 Å². The Morgan fingerprint density at radius 3 is 2.56 bits per heavy atom. The Balaban J connectivity index is 0.00000676. The number of carbonyl (C=O) groups excluding carboxylic acids is 1. The van der Waals surface area contributed by atoms with Gasteiger partial charge in [-0.3, -0.25) is 9.79 Å². The Bertz CT molecular complexity index is 570. The fourth-order valence-electron chi connectivity index (χ4n) is 2.29. The number of rotatable bonds is 11. The summed E-state index contributed by atoms with van der Waals surface area (Å²) in [5.41, 5.74) is 0. The molecule has 0 fully saturated rings. The van der Waals surface area contributed by atoms with Gasteiger partial charge in [0.1, 0.15) is 17.6 Å². The number of unbranched alkanes of at least 4 members (excludes halogenated alkanes) is 2. The van der Waals surface area contributed by atoms with Crippen LogP contribution in [0.25, 0.3) is 0 Å². The lowest BCUT2D eigenvalue weighted by molar-refractivity contribution is -0.140. The molecule has 1 atom stereocenters. The number of guanidine groups is 1. The van der Waals surface area contributed by atoms with Crippen LogP contribution in [0, 0.1) is 0 Å². The summed E-state index contributed by atoms with van der Waals surface area (Å²) in [4.78, 5) is 15.2. The summed E-state index contributed by atoms with van der Waals surface area (Å²) < 4.78 is 15.7. The van der Waals surface area contributed by atoms with Crippen molar-refractivity contribution >= 4 is 35.9 Å². The fourth-order valence-corrected chi connectivity index (χ4v) is 2.29. The van der Waals surface area contributed by atoms with Gasteiger partial charge in [-0.05, 0) is 31.9 Å². The zero-order valence-electron chi connectivity index (χ0n) is 16.6. The molecule has 0 heterocycles. The Labute approximate surface area is 179 Å². The minimum Gasteiger partial charge on any atom is -0.497 e. The van der Waals surface area contributed by atoms with Gasteiger partial charge in [0.05, 0.1) is 20.8 Å². The van der Waals surface area contributed by atoms with Gasteiger partial charge in [0.2, 0.25) is 0 Å². The van der Waals surface area contributed by atoms with Crippen molar-refractivity contribution in [2.75, 3.05) is 34.4 Å². The number of nitrogens with one attached hydrogen (secondary N) is 2. The number of carbonyl (C=O) groups is 1. The summed E-state index contributed by atoms with van der Waals surface area (Å²) >= 11 is 0. The van der Waals surface area contributed by atoms with Crippen LogP contribution < -0.4 is 20.1 Å². The number of esters is 1.